The maximum atomic E-state index is 11.4. The molecule has 0 aliphatic heterocycles. The predicted octanol–water partition coefficient (Wildman–Crippen LogP) is 5.43. The lowest BCUT2D eigenvalue weighted by molar-refractivity contribution is -0.132. The van der Waals surface area contributed by atoms with Crippen LogP contribution in [0.3, 0.4) is 0 Å². The summed E-state index contributed by atoms with van der Waals surface area (Å²) in [6, 6.07) is 11.8. The molecule has 158 valence electrons. The molecule has 7 heteroatoms. The zero-order chi connectivity index (χ0) is 22.5. The number of rotatable bonds is 6. The van der Waals surface area contributed by atoms with Crippen LogP contribution in [0.5, 0.6) is 17.2 Å². The molecular formula is C24H22N2O4S. The molecule has 31 heavy (non-hydrogen) atoms. The molecule has 0 atom stereocenters. The smallest absolute Gasteiger partial charge is 0.308 e. The highest BCUT2D eigenvalue weighted by Gasteiger charge is 2.17. The summed E-state index contributed by atoms with van der Waals surface area (Å²) < 4.78 is 15.9. The quantitative estimate of drug-likeness (QED) is 0.292. The van der Waals surface area contributed by atoms with Crippen molar-refractivity contribution in [2.24, 2.45) is 0 Å². The number of hydrogen-bond donors (Lipinski definition) is 0. The van der Waals surface area contributed by atoms with E-state index in [0.717, 1.165) is 16.8 Å². The van der Waals surface area contributed by atoms with Crippen molar-refractivity contribution in [3.63, 3.8) is 0 Å². The van der Waals surface area contributed by atoms with E-state index < -0.39 is 5.97 Å². The Kier molecular flexibility index (Phi) is 6.73. The van der Waals surface area contributed by atoms with Crippen molar-refractivity contribution in [2.45, 2.75) is 20.8 Å². The molecule has 0 aliphatic rings. The van der Waals surface area contributed by atoms with Crippen molar-refractivity contribution in [3.8, 4) is 34.6 Å². The SMILES string of the molecule is COc1cc(C=C(C#N)c2nc(-c3ccc(C)cc3C)cs2)cc(OC)c1OC(C)=O. The molecule has 0 saturated heterocycles. The van der Waals surface area contributed by atoms with E-state index in [2.05, 4.69) is 24.0 Å². The van der Waals surface area contributed by atoms with Gasteiger partial charge in [0, 0.05) is 17.9 Å². The van der Waals surface area contributed by atoms with Crippen LogP contribution >= 0.6 is 11.3 Å². The van der Waals surface area contributed by atoms with Gasteiger partial charge in [0.05, 0.1) is 25.5 Å². The Labute approximate surface area is 185 Å². The Morgan fingerprint density at radius 2 is 1.81 bits per heavy atom. The second kappa shape index (κ2) is 9.45. The Morgan fingerprint density at radius 1 is 1.13 bits per heavy atom. The maximum Gasteiger partial charge on any atom is 0.308 e. The number of hydrogen-bond acceptors (Lipinski definition) is 7. The first-order chi connectivity index (χ1) is 14.9. The third-order valence-electron chi connectivity index (χ3n) is 4.55. The Bertz CT molecular complexity index is 1180. The topological polar surface area (TPSA) is 81.4 Å². The normalized spacial score (nSPS) is 11.0. The van der Waals surface area contributed by atoms with Gasteiger partial charge in [-0.15, -0.1) is 11.3 Å². The number of carbonyl (C=O) groups is 1. The highest BCUT2D eigenvalue weighted by Crippen LogP contribution is 2.40. The van der Waals surface area contributed by atoms with Crippen molar-refractivity contribution >= 4 is 29.0 Å². The van der Waals surface area contributed by atoms with Gasteiger partial charge in [-0.05, 0) is 43.2 Å². The van der Waals surface area contributed by atoms with E-state index in [9.17, 15) is 10.1 Å². The van der Waals surface area contributed by atoms with Gasteiger partial charge < -0.3 is 14.2 Å². The summed E-state index contributed by atoms with van der Waals surface area (Å²) in [5.74, 6) is 0.361. The van der Waals surface area contributed by atoms with Gasteiger partial charge in [-0.2, -0.15) is 5.26 Å². The predicted molar refractivity (Wildman–Crippen MR) is 121 cm³/mol. The Hall–Kier alpha value is -3.63. The van der Waals surface area contributed by atoms with Crippen LogP contribution in [0.25, 0.3) is 22.9 Å². The minimum atomic E-state index is -0.487. The van der Waals surface area contributed by atoms with Crippen LogP contribution in [-0.4, -0.2) is 25.2 Å². The number of nitriles is 1. The van der Waals surface area contributed by atoms with Crippen LogP contribution < -0.4 is 14.2 Å². The van der Waals surface area contributed by atoms with Gasteiger partial charge in [0.25, 0.3) is 0 Å². The largest absolute Gasteiger partial charge is 0.493 e. The van der Waals surface area contributed by atoms with Crippen molar-refractivity contribution in [3.05, 3.63) is 57.4 Å². The Morgan fingerprint density at radius 3 is 2.35 bits per heavy atom. The van der Waals surface area contributed by atoms with Gasteiger partial charge in [0.15, 0.2) is 11.5 Å². The first kappa shape index (κ1) is 22.1. The van der Waals surface area contributed by atoms with Crippen LogP contribution in [0.2, 0.25) is 0 Å². The van der Waals surface area contributed by atoms with E-state index in [0.29, 0.717) is 27.6 Å². The first-order valence-electron chi connectivity index (χ1n) is 9.46. The lowest BCUT2D eigenvalue weighted by Crippen LogP contribution is -2.05. The number of benzene rings is 2. The fourth-order valence-corrected chi connectivity index (χ4v) is 3.94. The summed E-state index contributed by atoms with van der Waals surface area (Å²) in [6.07, 6.45) is 1.70. The minimum absolute atomic E-state index is 0.194. The van der Waals surface area contributed by atoms with Gasteiger partial charge in [-0.1, -0.05) is 23.8 Å². The number of carbonyl (C=O) groups excluding carboxylic acids is 1. The van der Waals surface area contributed by atoms with Crippen LogP contribution in [0.1, 0.15) is 28.6 Å². The minimum Gasteiger partial charge on any atom is -0.493 e. The average molecular weight is 435 g/mol. The van der Waals surface area contributed by atoms with E-state index in [1.54, 1.807) is 18.2 Å². The van der Waals surface area contributed by atoms with Gasteiger partial charge >= 0.3 is 5.97 Å². The summed E-state index contributed by atoms with van der Waals surface area (Å²) in [7, 11) is 2.94. The summed E-state index contributed by atoms with van der Waals surface area (Å²) in [6.45, 7) is 5.40. The molecule has 0 bridgehead atoms. The number of allylic oxidation sites excluding steroid dienone is 1. The van der Waals surface area contributed by atoms with Gasteiger partial charge in [-0.25, -0.2) is 4.98 Å². The van der Waals surface area contributed by atoms with Gasteiger partial charge in [-0.3, -0.25) is 4.79 Å². The molecule has 0 saturated carbocycles. The summed E-state index contributed by atoms with van der Waals surface area (Å²) in [5, 5.41) is 12.3. The van der Waals surface area contributed by atoms with Crippen LogP contribution in [0.15, 0.2) is 35.7 Å². The highest BCUT2D eigenvalue weighted by molar-refractivity contribution is 7.11. The molecule has 0 spiro atoms. The zero-order valence-corrected chi connectivity index (χ0v) is 18.8. The number of methoxy groups -OCH3 is 2. The Balaban J connectivity index is 2.02. The number of esters is 1. The molecule has 0 aliphatic carbocycles. The second-order valence-electron chi connectivity index (χ2n) is 6.87. The van der Waals surface area contributed by atoms with Crippen LogP contribution in [-0.2, 0) is 4.79 Å². The maximum absolute atomic E-state index is 11.4. The molecular weight excluding hydrogens is 412 g/mol. The number of ether oxygens (including phenoxy) is 3. The lowest BCUT2D eigenvalue weighted by Gasteiger charge is -2.13. The average Bonchev–Trinajstić information content (AvgIpc) is 3.21. The molecule has 0 radical (unpaired) electrons. The van der Waals surface area contributed by atoms with Gasteiger partial charge in [0.2, 0.25) is 5.75 Å². The second-order valence-corrected chi connectivity index (χ2v) is 7.73. The molecule has 0 N–H and O–H groups in total. The van der Waals surface area contributed by atoms with E-state index in [1.807, 2.05) is 24.4 Å². The van der Waals surface area contributed by atoms with E-state index in [4.69, 9.17) is 14.2 Å². The van der Waals surface area contributed by atoms with Crippen molar-refractivity contribution in [1.29, 1.82) is 5.26 Å². The fourth-order valence-electron chi connectivity index (χ4n) is 3.16. The summed E-state index contributed by atoms with van der Waals surface area (Å²) in [4.78, 5) is 16.1. The third-order valence-corrected chi connectivity index (χ3v) is 5.43. The number of thiazole rings is 1. The van der Waals surface area contributed by atoms with Gasteiger partial charge in [0.1, 0.15) is 11.1 Å². The molecule has 2 aromatic carbocycles. The highest BCUT2D eigenvalue weighted by atomic mass is 32.1. The molecule has 0 unspecified atom stereocenters. The fraction of sp³-hybridized carbons (Fsp3) is 0.208. The molecule has 1 aromatic heterocycles. The standard InChI is InChI=1S/C24H22N2O4S/c1-14-6-7-19(15(2)8-14)20-13-31-24(26-20)18(12-25)9-17-10-21(28-4)23(30-16(3)27)22(11-17)29-5/h6-11,13H,1-5H3. The third kappa shape index (κ3) is 4.93. The first-order valence-corrected chi connectivity index (χ1v) is 10.3. The number of aryl methyl sites for hydroxylation is 2. The van der Waals surface area contributed by atoms with E-state index in [-0.39, 0.29) is 5.75 Å². The molecule has 0 amide bonds. The monoisotopic (exact) mass is 434 g/mol. The van der Waals surface area contributed by atoms with Crippen LogP contribution in [0, 0.1) is 25.2 Å². The summed E-state index contributed by atoms with van der Waals surface area (Å²) >= 11 is 1.41. The van der Waals surface area contributed by atoms with Crippen molar-refractivity contribution in [2.75, 3.05) is 14.2 Å². The molecule has 3 aromatic rings. The molecule has 1 heterocycles. The number of aromatic nitrogens is 1. The molecule has 6 nitrogen and oxygen atoms in total. The lowest BCUT2D eigenvalue weighted by atomic mass is 10.0. The summed E-state index contributed by atoms with van der Waals surface area (Å²) in [5.41, 5.74) is 5.26. The van der Waals surface area contributed by atoms with E-state index >= 15 is 0 Å². The zero-order valence-electron chi connectivity index (χ0n) is 18.0. The van der Waals surface area contributed by atoms with Crippen molar-refractivity contribution in [1.82, 2.24) is 4.98 Å². The molecule has 3 rings (SSSR count). The molecule has 0 fully saturated rings. The van der Waals surface area contributed by atoms with Crippen molar-refractivity contribution < 1.29 is 19.0 Å². The van der Waals surface area contributed by atoms with E-state index in [1.165, 1.54) is 38.0 Å². The van der Waals surface area contributed by atoms with Crippen LogP contribution in [0.4, 0.5) is 0 Å². The number of nitrogens with zero attached hydrogens (tertiary/aromatic N) is 2.